The topological polar surface area (TPSA) is 74.3 Å². The second-order valence-electron chi connectivity index (χ2n) is 6.50. The summed E-state index contributed by atoms with van der Waals surface area (Å²) in [5.74, 6) is 0.170. The smallest absolute Gasteiger partial charge is 0.319 e. The maximum Gasteiger partial charge on any atom is 0.319 e. The number of para-hydroxylation sites is 1. The number of nitrogens with one attached hydrogen (secondary N) is 2. The Balaban J connectivity index is 1.37. The number of benzene rings is 2. The van der Waals surface area contributed by atoms with Gasteiger partial charge in [0.1, 0.15) is 0 Å². The maximum absolute atomic E-state index is 12.2. The number of nitrogens with zero attached hydrogens (tertiary/aromatic N) is 2. The van der Waals surface area contributed by atoms with Crippen molar-refractivity contribution in [2.24, 2.45) is 0 Å². The molecule has 136 valence electrons. The quantitative estimate of drug-likeness (QED) is 0.745. The van der Waals surface area contributed by atoms with E-state index in [9.17, 15) is 9.59 Å². The van der Waals surface area contributed by atoms with Gasteiger partial charge in [0.05, 0.1) is 11.2 Å². The Bertz CT molecular complexity index is 980. The highest BCUT2D eigenvalue weighted by Crippen LogP contribution is 2.22. The van der Waals surface area contributed by atoms with Crippen LogP contribution < -0.4 is 15.5 Å². The van der Waals surface area contributed by atoms with Gasteiger partial charge < -0.3 is 15.5 Å². The largest absolute Gasteiger partial charge is 0.334 e. The lowest BCUT2D eigenvalue weighted by atomic mass is 10.2. The average molecular weight is 360 g/mol. The Morgan fingerprint density at radius 2 is 1.89 bits per heavy atom. The van der Waals surface area contributed by atoms with Gasteiger partial charge in [-0.3, -0.25) is 9.78 Å². The van der Waals surface area contributed by atoms with Gasteiger partial charge in [0.25, 0.3) is 0 Å². The van der Waals surface area contributed by atoms with Crippen molar-refractivity contribution in [1.82, 2.24) is 10.3 Å². The molecule has 1 aromatic heterocycles. The molecule has 0 saturated carbocycles. The highest BCUT2D eigenvalue weighted by Gasteiger charge is 2.21. The highest BCUT2D eigenvalue weighted by molar-refractivity contribution is 5.99. The molecule has 0 aliphatic carbocycles. The molecular weight excluding hydrogens is 340 g/mol. The number of rotatable bonds is 4. The fraction of sp³-hybridized carbons (Fsp3) is 0.190. The van der Waals surface area contributed by atoms with Crippen LogP contribution in [-0.2, 0) is 11.3 Å². The third-order valence-electron chi connectivity index (χ3n) is 4.66. The first-order valence-corrected chi connectivity index (χ1v) is 8.98. The van der Waals surface area contributed by atoms with E-state index < -0.39 is 0 Å². The van der Waals surface area contributed by atoms with E-state index in [1.54, 1.807) is 11.1 Å². The monoisotopic (exact) mass is 360 g/mol. The van der Waals surface area contributed by atoms with E-state index in [2.05, 4.69) is 15.6 Å². The molecular formula is C21H20N4O2. The van der Waals surface area contributed by atoms with Crippen molar-refractivity contribution in [2.45, 2.75) is 19.4 Å². The second-order valence-corrected chi connectivity index (χ2v) is 6.50. The Morgan fingerprint density at radius 1 is 1.07 bits per heavy atom. The van der Waals surface area contributed by atoms with E-state index >= 15 is 0 Å². The van der Waals surface area contributed by atoms with Gasteiger partial charge in [-0.2, -0.15) is 0 Å². The lowest BCUT2D eigenvalue weighted by molar-refractivity contribution is -0.117. The summed E-state index contributed by atoms with van der Waals surface area (Å²) in [6, 6.07) is 16.9. The van der Waals surface area contributed by atoms with Crippen LogP contribution in [0.25, 0.3) is 10.9 Å². The van der Waals surface area contributed by atoms with E-state index in [0.717, 1.165) is 35.1 Å². The van der Waals surface area contributed by atoms with Gasteiger partial charge in [0.15, 0.2) is 0 Å². The number of fused-ring (bicyclic) bond motifs is 1. The highest BCUT2D eigenvalue weighted by atomic mass is 16.2. The second kappa shape index (κ2) is 7.45. The van der Waals surface area contributed by atoms with Gasteiger partial charge in [0.2, 0.25) is 5.91 Å². The van der Waals surface area contributed by atoms with Crippen LogP contribution >= 0.6 is 0 Å². The maximum atomic E-state index is 12.2. The standard InChI is InChI=1S/C21H20N4O2/c26-19-7-3-13-25(19)17-10-8-15(9-11-17)14-23-21(27)24-18-6-1-4-16-5-2-12-22-20(16)18/h1-2,4-6,8-12H,3,7,13-14H2,(H2,23,24,27). The summed E-state index contributed by atoms with van der Waals surface area (Å²) in [5.41, 5.74) is 3.31. The Morgan fingerprint density at radius 3 is 2.67 bits per heavy atom. The first-order chi connectivity index (χ1) is 13.2. The molecule has 1 aliphatic heterocycles. The SMILES string of the molecule is O=C(NCc1ccc(N2CCCC2=O)cc1)Nc1cccc2cccnc12. The molecule has 0 spiro atoms. The summed E-state index contributed by atoms with van der Waals surface area (Å²) in [5, 5.41) is 6.68. The zero-order chi connectivity index (χ0) is 18.6. The van der Waals surface area contributed by atoms with E-state index in [4.69, 9.17) is 0 Å². The van der Waals surface area contributed by atoms with Crippen molar-refractivity contribution in [3.05, 3.63) is 66.4 Å². The van der Waals surface area contributed by atoms with Crippen molar-refractivity contribution in [2.75, 3.05) is 16.8 Å². The molecule has 6 nitrogen and oxygen atoms in total. The molecule has 6 heteroatoms. The number of carbonyl (C=O) groups is 2. The molecule has 27 heavy (non-hydrogen) atoms. The van der Waals surface area contributed by atoms with Crippen molar-refractivity contribution >= 4 is 34.2 Å². The molecule has 0 bridgehead atoms. The number of hydrogen-bond acceptors (Lipinski definition) is 3. The molecule has 2 aromatic carbocycles. The summed E-state index contributed by atoms with van der Waals surface area (Å²) in [6.07, 6.45) is 3.23. The number of urea groups is 1. The number of amides is 3. The molecule has 0 unspecified atom stereocenters. The summed E-state index contributed by atoms with van der Waals surface area (Å²) < 4.78 is 0. The molecule has 3 amide bonds. The van der Waals surface area contributed by atoms with Gasteiger partial charge in [-0.25, -0.2) is 4.79 Å². The molecule has 1 saturated heterocycles. The van der Waals surface area contributed by atoms with E-state index in [1.165, 1.54) is 0 Å². The van der Waals surface area contributed by atoms with E-state index in [0.29, 0.717) is 18.7 Å². The fourth-order valence-electron chi connectivity index (χ4n) is 3.27. The molecule has 3 aromatic rings. The van der Waals surface area contributed by atoms with Crippen molar-refractivity contribution in [3.63, 3.8) is 0 Å². The molecule has 1 aliphatic rings. The molecule has 2 N–H and O–H groups in total. The van der Waals surface area contributed by atoms with Crippen LogP contribution in [0.2, 0.25) is 0 Å². The minimum Gasteiger partial charge on any atom is -0.334 e. The van der Waals surface area contributed by atoms with Crippen molar-refractivity contribution in [1.29, 1.82) is 0 Å². The predicted octanol–water partition coefficient (Wildman–Crippen LogP) is 3.68. The molecule has 1 fully saturated rings. The first-order valence-electron chi connectivity index (χ1n) is 8.98. The lowest BCUT2D eigenvalue weighted by Gasteiger charge is -2.16. The number of pyridine rings is 1. The van der Waals surface area contributed by atoms with E-state index in [1.807, 2.05) is 54.6 Å². The van der Waals surface area contributed by atoms with Crippen LogP contribution in [0.4, 0.5) is 16.2 Å². The number of carbonyl (C=O) groups excluding carboxylic acids is 2. The summed E-state index contributed by atoms with van der Waals surface area (Å²) in [7, 11) is 0. The normalized spacial score (nSPS) is 13.8. The molecule has 2 heterocycles. The third-order valence-corrected chi connectivity index (χ3v) is 4.66. The number of anilines is 2. The molecule has 0 atom stereocenters. The van der Waals surface area contributed by atoms with E-state index in [-0.39, 0.29) is 11.9 Å². The van der Waals surface area contributed by atoms with Gasteiger partial charge in [-0.05, 0) is 36.2 Å². The summed E-state index contributed by atoms with van der Waals surface area (Å²) in [6.45, 7) is 1.18. The summed E-state index contributed by atoms with van der Waals surface area (Å²) in [4.78, 5) is 30.2. The Kier molecular flexibility index (Phi) is 4.70. The minimum absolute atomic E-state index is 0.170. The van der Waals surface area contributed by atoms with Crippen LogP contribution in [0.3, 0.4) is 0 Å². The van der Waals surface area contributed by atoms with Crippen molar-refractivity contribution in [3.8, 4) is 0 Å². The van der Waals surface area contributed by atoms with Crippen LogP contribution in [-0.4, -0.2) is 23.5 Å². The van der Waals surface area contributed by atoms with Gasteiger partial charge >= 0.3 is 6.03 Å². The van der Waals surface area contributed by atoms with Gasteiger partial charge in [-0.1, -0.05) is 30.3 Å². The Hall–Kier alpha value is -3.41. The van der Waals surface area contributed by atoms with Gasteiger partial charge in [-0.15, -0.1) is 0 Å². The minimum atomic E-state index is -0.285. The zero-order valence-electron chi connectivity index (χ0n) is 14.8. The third kappa shape index (κ3) is 3.74. The number of aromatic nitrogens is 1. The van der Waals surface area contributed by atoms with Crippen LogP contribution in [0.5, 0.6) is 0 Å². The number of hydrogen-bond donors (Lipinski definition) is 2. The molecule has 4 rings (SSSR count). The van der Waals surface area contributed by atoms with Crippen LogP contribution in [0, 0.1) is 0 Å². The predicted molar refractivity (Wildman–Crippen MR) is 106 cm³/mol. The summed E-state index contributed by atoms with van der Waals surface area (Å²) >= 11 is 0. The molecule has 0 radical (unpaired) electrons. The van der Waals surface area contributed by atoms with Crippen molar-refractivity contribution < 1.29 is 9.59 Å². The van der Waals surface area contributed by atoms with Gasteiger partial charge in [0, 0.05) is 36.8 Å². The van der Waals surface area contributed by atoms with Crippen LogP contribution in [0.1, 0.15) is 18.4 Å². The average Bonchev–Trinajstić information content (AvgIpc) is 3.13. The fourth-order valence-corrected chi connectivity index (χ4v) is 3.27. The van der Waals surface area contributed by atoms with Crippen LogP contribution in [0.15, 0.2) is 60.8 Å². The zero-order valence-corrected chi connectivity index (χ0v) is 14.8. The lowest BCUT2D eigenvalue weighted by Crippen LogP contribution is -2.28. The first kappa shape index (κ1) is 17.0. The Labute approximate surface area is 157 Å².